The van der Waals surface area contributed by atoms with Crippen LogP contribution >= 0.6 is 0 Å². The summed E-state index contributed by atoms with van der Waals surface area (Å²) in [6.45, 7) is 3.63. The van der Waals surface area contributed by atoms with Gasteiger partial charge in [-0.05, 0) is 44.1 Å². The molecule has 2 rings (SSSR count). The number of nitrogens with two attached hydrogens (primary N) is 1. The first-order valence-corrected chi connectivity index (χ1v) is 6.66. The van der Waals surface area contributed by atoms with E-state index in [1.807, 2.05) is 0 Å². The van der Waals surface area contributed by atoms with Crippen molar-refractivity contribution in [3.8, 4) is 6.07 Å². The molecule has 0 aromatic heterocycles. The normalized spacial score (nSPS) is 34.6. The van der Waals surface area contributed by atoms with E-state index in [1.54, 1.807) is 0 Å². The lowest BCUT2D eigenvalue weighted by Crippen LogP contribution is -2.38. The minimum atomic E-state index is 0.447. The van der Waals surface area contributed by atoms with Crippen molar-refractivity contribution >= 4 is 0 Å². The summed E-state index contributed by atoms with van der Waals surface area (Å²) < 4.78 is 0. The maximum Gasteiger partial charge on any atom is 0.0621 e. The van der Waals surface area contributed by atoms with Gasteiger partial charge in [0.05, 0.1) is 6.07 Å². The third kappa shape index (κ3) is 2.75. The highest BCUT2D eigenvalue weighted by atomic mass is 15.2. The number of nitriles is 1. The predicted molar refractivity (Wildman–Crippen MR) is 64.7 cm³/mol. The molecular weight excluding hydrogens is 198 g/mol. The lowest BCUT2D eigenvalue weighted by molar-refractivity contribution is 0.259. The van der Waals surface area contributed by atoms with E-state index in [1.165, 1.54) is 45.3 Å². The van der Waals surface area contributed by atoms with E-state index in [2.05, 4.69) is 11.0 Å². The maximum atomic E-state index is 8.48. The second-order valence-electron chi connectivity index (χ2n) is 5.39. The molecule has 3 heteroatoms. The fourth-order valence-electron chi connectivity index (χ4n) is 3.33. The van der Waals surface area contributed by atoms with Crippen molar-refractivity contribution in [3.63, 3.8) is 0 Å². The number of fused-ring (bicyclic) bond motifs is 1. The fourth-order valence-corrected chi connectivity index (χ4v) is 3.33. The molecule has 2 aliphatic rings. The molecule has 1 aliphatic heterocycles. The topological polar surface area (TPSA) is 53.0 Å². The molecule has 1 aliphatic carbocycles. The summed E-state index contributed by atoms with van der Waals surface area (Å²) in [4.78, 5) is 2.57. The van der Waals surface area contributed by atoms with Crippen molar-refractivity contribution in [1.82, 2.24) is 4.90 Å². The van der Waals surface area contributed by atoms with Crippen LogP contribution in [-0.4, -0.2) is 30.6 Å². The molecule has 0 radical (unpaired) electrons. The minimum absolute atomic E-state index is 0.447. The van der Waals surface area contributed by atoms with Crippen LogP contribution < -0.4 is 5.73 Å². The predicted octanol–water partition coefficient (Wildman–Crippen LogP) is 1.74. The van der Waals surface area contributed by atoms with Gasteiger partial charge in [-0.3, -0.25) is 0 Å². The number of rotatable bonds is 4. The molecule has 1 heterocycles. The van der Waals surface area contributed by atoms with Crippen LogP contribution in [0.5, 0.6) is 0 Å². The van der Waals surface area contributed by atoms with Gasteiger partial charge in [-0.25, -0.2) is 0 Å². The Balaban J connectivity index is 1.72. The van der Waals surface area contributed by atoms with Crippen LogP contribution in [0.4, 0.5) is 0 Å². The molecule has 0 spiro atoms. The van der Waals surface area contributed by atoms with Gasteiger partial charge in [0.15, 0.2) is 0 Å². The van der Waals surface area contributed by atoms with Crippen molar-refractivity contribution in [2.75, 3.05) is 19.6 Å². The molecular formula is C13H23N3. The monoisotopic (exact) mass is 221 g/mol. The first kappa shape index (κ1) is 11.9. The average Bonchev–Trinajstić information content (AvgIpc) is 2.69. The average molecular weight is 221 g/mol. The highest BCUT2D eigenvalue weighted by Crippen LogP contribution is 2.35. The standard InChI is InChI=1S/C13H23N3/c14-7-2-1-3-8-16-9-11-5-4-6-13(15)12(11)10-16/h11-13H,1-6,8-10,15H2. The molecule has 0 aromatic carbocycles. The van der Waals surface area contributed by atoms with Crippen LogP contribution in [-0.2, 0) is 0 Å². The zero-order valence-electron chi connectivity index (χ0n) is 10.1. The Morgan fingerprint density at radius 2 is 2.12 bits per heavy atom. The van der Waals surface area contributed by atoms with E-state index in [9.17, 15) is 0 Å². The smallest absolute Gasteiger partial charge is 0.0621 e. The lowest BCUT2D eigenvalue weighted by Gasteiger charge is -2.29. The Hall–Kier alpha value is -0.590. The fraction of sp³-hybridized carbons (Fsp3) is 0.923. The summed E-state index contributed by atoms with van der Waals surface area (Å²) in [6, 6.07) is 2.66. The lowest BCUT2D eigenvalue weighted by atomic mass is 9.78. The van der Waals surface area contributed by atoms with Crippen LogP contribution in [0.1, 0.15) is 38.5 Å². The number of hydrogen-bond donors (Lipinski definition) is 1. The van der Waals surface area contributed by atoms with Gasteiger partial charge in [0, 0.05) is 25.6 Å². The molecule has 3 unspecified atom stereocenters. The minimum Gasteiger partial charge on any atom is -0.327 e. The molecule has 90 valence electrons. The van der Waals surface area contributed by atoms with E-state index in [0.717, 1.165) is 18.3 Å². The molecule has 16 heavy (non-hydrogen) atoms. The molecule has 0 aromatic rings. The molecule has 0 amide bonds. The first-order chi connectivity index (χ1) is 7.81. The van der Waals surface area contributed by atoms with Crippen molar-refractivity contribution in [2.24, 2.45) is 17.6 Å². The van der Waals surface area contributed by atoms with E-state index in [0.29, 0.717) is 12.5 Å². The van der Waals surface area contributed by atoms with Crippen LogP contribution in [0.2, 0.25) is 0 Å². The van der Waals surface area contributed by atoms with Crippen LogP contribution in [0, 0.1) is 23.2 Å². The third-order valence-electron chi connectivity index (χ3n) is 4.24. The van der Waals surface area contributed by atoms with Crippen molar-refractivity contribution in [1.29, 1.82) is 5.26 Å². The first-order valence-electron chi connectivity index (χ1n) is 6.66. The van der Waals surface area contributed by atoms with Gasteiger partial charge in [-0.1, -0.05) is 6.42 Å². The second kappa shape index (κ2) is 5.65. The van der Waals surface area contributed by atoms with E-state index < -0.39 is 0 Å². The Bertz CT molecular complexity index is 258. The third-order valence-corrected chi connectivity index (χ3v) is 4.24. The van der Waals surface area contributed by atoms with Gasteiger partial charge in [-0.2, -0.15) is 5.26 Å². The summed E-state index contributed by atoms with van der Waals surface area (Å²) in [5.41, 5.74) is 6.19. The molecule has 2 fully saturated rings. The van der Waals surface area contributed by atoms with Crippen molar-refractivity contribution in [2.45, 2.75) is 44.6 Å². The van der Waals surface area contributed by atoms with E-state index in [4.69, 9.17) is 11.0 Å². The summed E-state index contributed by atoms with van der Waals surface area (Å²) >= 11 is 0. The van der Waals surface area contributed by atoms with E-state index in [-0.39, 0.29) is 0 Å². The Labute approximate surface area is 98.6 Å². The molecule has 0 bridgehead atoms. The number of unbranched alkanes of at least 4 members (excludes halogenated alkanes) is 2. The Morgan fingerprint density at radius 1 is 1.25 bits per heavy atom. The summed E-state index contributed by atoms with van der Waals surface area (Å²) in [7, 11) is 0. The van der Waals surface area contributed by atoms with Gasteiger partial charge in [0.1, 0.15) is 0 Å². The van der Waals surface area contributed by atoms with Crippen LogP contribution in [0.15, 0.2) is 0 Å². The molecule has 1 saturated heterocycles. The number of likely N-dealkylation sites (tertiary alicyclic amines) is 1. The van der Waals surface area contributed by atoms with Crippen LogP contribution in [0.25, 0.3) is 0 Å². The molecule has 3 nitrogen and oxygen atoms in total. The molecule has 3 atom stereocenters. The number of nitrogens with zero attached hydrogens (tertiary/aromatic N) is 2. The van der Waals surface area contributed by atoms with Gasteiger partial charge >= 0.3 is 0 Å². The summed E-state index contributed by atoms with van der Waals surface area (Å²) in [6.07, 6.45) is 6.86. The van der Waals surface area contributed by atoms with Crippen LogP contribution in [0.3, 0.4) is 0 Å². The van der Waals surface area contributed by atoms with Crippen molar-refractivity contribution in [3.05, 3.63) is 0 Å². The quantitative estimate of drug-likeness (QED) is 0.736. The Kier molecular flexibility index (Phi) is 4.20. The zero-order chi connectivity index (χ0) is 11.4. The number of hydrogen-bond acceptors (Lipinski definition) is 3. The zero-order valence-corrected chi connectivity index (χ0v) is 10.1. The van der Waals surface area contributed by atoms with Crippen molar-refractivity contribution < 1.29 is 0 Å². The van der Waals surface area contributed by atoms with Gasteiger partial charge < -0.3 is 10.6 Å². The van der Waals surface area contributed by atoms with E-state index >= 15 is 0 Å². The molecule has 2 N–H and O–H groups in total. The summed E-state index contributed by atoms with van der Waals surface area (Å²) in [5.74, 6) is 1.62. The highest BCUT2D eigenvalue weighted by Gasteiger charge is 2.38. The molecule has 1 saturated carbocycles. The second-order valence-corrected chi connectivity index (χ2v) is 5.39. The van der Waals surface area contributed by atoms with Gasteiger partial charge in [0.25, 0.3) is 0 Å². The highest BCUT2D eigenvalue weighted by molar-refractivity contribution is 4.93. The van der Waals surface area contributed by atoms with Gasteiger partial charge in [-0.15, -0.1) is 0 Å². The van der Waals surface area contributed by atoms with Gasteiger partial charge in [0.2, 0.25) is 0 Å². The summed E-state index contributed by atoms with van der Waals surface area (Å²) in [5, 5.41) is 8.48. The Morgan fingerprint density at radius 3 is 2.88 bits per heavy atom. The maximum absolute atomic E-state index is 8.48. The SMILES string of the molecule is N#CCCCCN1CC2CCCC(N)C2C1. The largest absolute Gasteiger partial charge is 0.327 e.